The molecular formula is C13H13NO4. The first-order chi connectivity index (χ1) is 8.59. The van der Waals surface area contributed by atoms with Crippen LogP contribution in [0, 0.1) is 0 Å². The average molecular weight is 247 g/mol. The Labute approximate surface area is 103 Å². The second-order valence-electron chi connectivity index (χ2n) is 4.01. The fourth-order valence-corrected chi connectivity index (χ4v) is 1.84. The van der Waals surface area contributed by atoms with Crippen LogP contribution in [0.5, 0.6) is 0 Å². The van der Waals surface area contributed by atoms with Crippen molar-refractivity contribution in [3.8, 4) is 0 Å². The van der Waals surface area contributed by atoms with E-state index in [1.54, 1.807) is 13.1 Å². The van der Waals surface area contributed by atoms with Crippen molar-refractivity contribution in [2.45, 2.75) is 12.8 Å². The molecule has 0 aliphatic rings. The first-order valence-corrected chi connectivity index (χ1v) is 5.54. The standard InChI is InChI=1S/C13H13NO4/c1-8(13(17)18-7-12(15)16)10-6-14-11-5-3-2-4-9(10)11/h2-6,8,14H,7H2,1H3,(H,15,16). The van der Waals surface area contributed by atoms with E-state index in [1.807, 2.05) is 24.3 Å². The van der Waals surface area contributed by atoms with E-state index in [0.717, 1.165) is 16.5 Å². The van der Waals surface area contributed by atoms with E-state index in [0.29, 0.717) is 0 Å². The van der Waals surface area contributed by atoms with Gasteiger partial charge in [0, 0.05) is 17.1 Å². The van der Waals surface area contributed by atoms with Crippen molar-refractivity contribution >= 4 is 22.8 Å². The largest absolute Gasteiger partial charge is 0.479 e. The molecule has 0 saturated heterocycles. The SMILES string of the molecule is CC(C(=O)OCC(=O)O)c1c[nH]c2ccccc12. The zero-order valence-electron chi connectivity index (χ0n) is 9.84. The monoisotopic (exact) mass is 247 g/mol. The minimum absolute atomic E-state index is 0.500. The van der Waals surface area contributed by atoms with Gasteiger partial charge in [0.05, 0.1) is 5.92 Å². The Hall–Kier alpha value is -2.30. The van der Waals surface area contributed by atoms with Gasteiger partial charge in [-0.1, -0.05) is 18.2 Å². The van der Waals surface area contributed by atoms with E-state index >= 15 is 0 Å². The number of benzene rings is 1. The van der Waals surface area contributed by atoms with E-state index in [2.05, 4.69) is 9.72 Å². The molecule has 0 saturated carbocycles. The van der Waals surface area contributed by atoms with Crippen LogP contribution in [0.25, 0.3) is 10.9 Å². The highest BCUT2D eigenvalue weighted by atomic mass is 16.5. The number of rotatable bonds is 4. The summed E-state index contributed by atoms with van der Waals surface area (Å²) in [7, 11) is 0. The zero-order valence-corrected chi connectivity index (χ0v) is 9.84. The van der Waals surface area contributed by atoms with Crippen LogP contribution in [0.15, 0.2) is 30.5 Å². The Morgan fingerprint density at radius 2 is 2.11 bits per heavy atom. The lowest BCUT2D eigenvalue weighted by Crippen LogP contribution is -2.17. The maximum Gasteiger partial charge on any atom is 0.341 e. The summed E-state index contributed by atoms with van der Waals surface area (Å²) < 4.78 is 4.69. The lowest BCUT2D eigenvalue weighted by atomic mass is 10.0. The van der Waals surface area contributed by atoms with Crippen molar-refractivity contribution in [2.75, 3.05) is 6.61 Å². The number of hydrogen-bond donors (Lipinski definition) is 2. The second kappa shape index (κ2) is 4.91. The first-order valence-electron chi connectivity index (χ1n) is 5.54. The highest BCUT2D eigenvalue weighted by Crippen LogP contribution is 2.26. The van der Waals surface area contributed by atoms with E-state index < -0.39 is 24.5 Å². The molecule has 1 aromatic heterocycles. The van der Waals surface area contributed by atoms with Crippen LogP contribution in [-0.4, -0.2) is 28.6 Å². The number of H-pyrrole nitrogens is 1. The van der Waals surface area contributed by atoms with Gasteiger partial charge in [-0.3, -0.25) is 4.79 Å². The minimum atomic E-state index is -1.16. The number of aromatic amines is 1. The van der Waals surface area contributed by atoms with Crippen LogP contribution < -0.4 is 0 Å². The third kappa shape index (κ3) is 2.34. The van der Waals surface area contributed by atoms with Gasteiger partial charge in [-0.15, -0.1) is 0 Å². The van der Waals surface area contributed by atoms with Gasteiger partial charge in [0.15, 0.2) is 6.61 Å². The number of carbonyl (C=O) groups is 2. The molecule has 0 fully saturated rings. The Morgan fingerprint density at radius 1 is 1.39 bits per heavy atom. The smallest absolute Gasteiger partial charge is 0.341 e. The van der Waals surface area contributed by atoms with E-state index in [4.69, 9.17) is 5.11 Å². The lowest BCUT2D eigenvalue weighted by Gasteiger charge is -2.09. The van der Waals surface area contributed by atoms with Crippen molar-refractivity contribution < 1.29 is 19.4 Å². The molecule has 0 spiro atoms. The summed E-state index contributed by atoms with van der Waals surface area (Å²) in [6.07, 6.45) is 1.75. The summed E-state index contributed by atoms with van der Waals surface area (Å²) in [5, 5.41) is 9.41. The zero-order chi connectivity index (χ0) is 13.1. The molecule has 1 aromatic carbocycles. The lowest BCUT2D eigenvalue weighted by molar-refractivity contribution is -0.155. The van der Waals surface area contributed by atoms with Crippen molar-refractivity contribution in [1.82, 2.24) is 4.98 Å². The molecule has 94 valence electrons. The quantitative estimate of drug-likeness (QED) is 0.809. The Bertz CT molecular complexity index is 587. The number of hydrogen-bond acceptors (Lipinski definition) is 3. The van der Waals surface area contributed by atoms with E-state index in [1.165, 1.54) is 0 Å². The minimum Gasteiger partial charge on any atom is -0.479 e. The molecule has 2 rings (SSSR count). The number of aliphatic carboxylic acids is 1. The number of esters is 1. The molecular weight excluding hydrogens is 234 g/mol. The number of fused-ring (bicyclic) bond motifs is 1. The number of para-hydroxylation sites is 1. The predicted molar refractivity (Wildman–Crippen MR) is 65.3 cm³/mol. The maximum absolute atomic E-state index is 11.7. The molecule has 0 aliphatic carbocycles. The van der Waals surface area contributed by atoms with Gasteiger partial charge in [-0.25, -0.2) is 4.79 Å². The van der Waals surface area contributed by atoms with Crippen LogP contribution in [0.2, 0.25) is 0 Å². The summed E-state index contributed by atoms with van der Waals surface area (Å²) in [6, 6.07) is 7.60. The predicted octanol–water partition coefficient (Wildman–Crippen LogP) is 1.90. The fraction of sp³-hybridized carbons (Fsp3) is 0.231. The topological polar surface area (TPSA) is 79.4 Å². The third-order valence-corrected chi connectivity index (χ3v) is 2.78. The summed E-state index contributed by atoms with van der Waals surface area (Å²) >= 11 is 0. The Morgan fingerprint density at radius 3 is 2.83 bits per heavy atom. The fourth-order valence-electron chi connectivity index (χ4n) is 1.84. The van der Waals surface area contributed by atoms with Gasteiger partial charge >= 0.3 is 11.9 Å². The van der Waals surface area contributed by atoms with Crippen molar-refractivity contribution in [3.05, 3.63) is 36.0 Å². The summed E-state index contributed by atoms with van der Waals surface area (Å²) in [4.78, 5) is 25.1. The van der Waals surface area contributed by atoms with Gasteiger partial charge in [-0.05, 0) is 18.6 Å². The number of ether oxygens (including phenoxy) is 1. The summed E-state index contributed by atoms with van der Waals surface area (Å²) in [6.45, 7) is 1.09. The Kier molecular flexibility index (Phi) is 3.32. The third-order valence-electron chi connectivity index (χ3n) is 2.78. The molecule has 0 radical (unpaired) electrons. The molecule has 2 N–H and O–H groups in total. The second-order valence-corrected chi connectivity index (χ2v) is 4.01. The number of carboxylic acids is 1. The molecule has 1 atom stereocenters. The molecule has 1 heterocycles. The molecule has 0 amide bonds. The molecule has 0 bridgehead atoms. The highest BCUT2D eigenvalue weighted by Gasteiger charge is 2.20. The van der Waals surface area contributed by atoms with Gasteiger partial charge in [-0.2, -0.15) is 0 Å². The normalized spacial score (nSPS) is 12.3. The number of nitrogens with one attached hydrogen (secondary N) is 1. The van der Waals surface area contributed by atoms with Crippen LogP contribution in [0.1, 0.15) is 18.4 Å². The van der Waals surface area contributed by atoms with Gasteiger partial charge < -0.3 is 14.8 Å². The molecule has 5 heteroatoms. The Balaban J connectivity index is 2.20. The molecule has 1 unspecified atom stereocenters. The number of carbonyl (C=O) groups excluding carboxylic acids is 1. The maximum atomic E-state index is 11.7. The van der Waals surface area contributed by atoms with Crippen molar-refractivity contribution in [3.63, 3.8) is 0 Å². The van der Waals surface area contributed by atoms with Crippen LogP contribution in [0.4, 0.5) is 0 Å². The highest BCUT2D eigenvalue weighted by molar-refractivity contribution is 5.90. The molecule has 5 nitrogen and oxygen atoms in total. The molecule has 0 aliphatic heterocycles. The van der Waals surface area contributed by atoms with Crippen molar-refractivity contribution in [2.24, 2.45) is 0 Å². The van der Waals surface area contributed by atoms with Crippen LogP contribution >= 0.6 is 0 Å². The molecule has 18 heavy (non-hydrogen) atoms. The van der Waals surface area contributed by atoms with E-state index in [-0.39, 0.29) is 0 Å². The van der Waals surface area contributed by atoms with Gasteiger partial charge in [0.2, 0.25) is 0 Å². The number of carboxylic acid groups (broad SMARTS) is 1. The molecule has 2 aromatic rings. The summed E-state index contributed by atoms with van der Waals surface area (Å²) in [5.74, 6) is -2.20. The van der Waals surface area contributed by atoms with Crippen molar-refractivity contribution in [1.29, 1.82) is 0 Å². The van der Waals surface area contributed by atoms with Gasteiger partial charge in [0.25, 0.3) is 0 Å². The van der Waals surface area contributed by atoms with Gasteiger partial charge in [0.1, 0.15) is 0 Å². The van der Waals surface area contributed by atoms with Crippen LogP contribution in [0.3, 0.4) is 0 Å². The van der Waals surface area contributed by atoms with E-state index in [9.17, 15) is 9.59 Å². The number of aromatic nitrogens is 1. The summed E-state index contributed by atoms with van der Waals surface area (Å²) in [5.41, 5.74) is 1.74. The first kappa shape index (κ1) is 12.2. The average Bonchev–Trinajstić information content (AvgIpc) is 2.78. The van der Waals surface area contributed by atoms with Crippen LogP contribution in [-0.2, 0) is 14.3 Å².